The lowest BCUT2D eigenvalue weighted by Crippen LogP contribution is -2.46. The van der Waals surface area contributed by atoms with E-state index in [4.69, 9.17) is 0 Å². The Morgan fingerprint density at radius 2 is 1.85 bits per heavy atom. The highest BCUT2D eigenvalue weighted by molar-refractivity contribution is 7.90. The van der Waals surface area contributed by atoms with Crippen molar-refractivity contribution in [2.45, 2.75) is 42.8 Å². The fourth-order valence-electron chi connectivity index (χ4n) is 4.33. The third-order valence-corrected chi connectivity index (χ3v) is 8.00. The predicted molar refractivity (Wildman–Crippen MR) is 113 cm³/mol. The molecule has 7 nitrogen and oxygen atoms in total. The topological polar surface area (TPSA) is 83.5 Å². The van der Waals surface area contributed by atoms with Crippen LogP contribution in [0.1, 0.15) is 30.7 Å². The molecule has 1 aromatic heterocycles. The SMILES string of the molecule is CS(=O)(=O)c1ccc(C[C@H]2CCN(C3CCN(c4nc(C(F)(F)F)ns4)CC3)C2=O)c(F)c1. The summed E-state index contributed by atoms with van der Waals surface area (Å²) >= 11 is 0.713. The van der Waals surface area contributed by atoms with Crippen LogP contribution in [0.3, 0.4) is 0 Å². The number of anilines is 1. The summed E-state index contributed by atoms with van der Waals surface area (Å²) in [6, 6.07) is 3.71. The number of aromatic nitrogens is 2. The molecular weight excluding hydrogens is 484 g/mol. The van der Waals surface area contributed by atoms with Crippen LogP contribution in [-0.4, -0.2) is 60.5 Å². The largest absolute Gasteiger partial charge is 0.452 e. The Labute approximate surface area is 192 Å². The predicted octanol–water partition coefficient (Wildman–Crippen LogP) is 3.16. The van der Waals surface area contributed by atoms with E-state index < -0.39 is 27.7 Å². The number of hydrogen-bond acceptors (Lipinski definition) is 7. The molecule has 2 aliphatic heterocycles. The van der Waals surface area contributed by atoms with Crippen molar-refractivity contribution in [3.8, 4) is 0 Å². The van der Waals surface area contributed by atoms with E-state index in [-0.39, 0.29) is 34.3 Å². The van der Waals surface area contributed by atoms with E-state index in [1.54, 1.807) is 9.80 Å². The van der Waals surface area contributed by atoms with Crippen LogP contribution >= 0.6 is 11.5 Å². The molecule has 0 radical (unpaired) electrons. The number of alkyl halides is 3. The molecule has 0 spiro atoms. The van der Waals surface area contributed by atoms with Gasteiger partial charge < -0.3 is 9.80 Å². The van der Waals surface area contributed by atoms with Crippen molar-refractivity contribution in [3.05, 3.63) is 35.4 Å². The van der Waals surface area contributed by atoms with E-state index in [1.807, 2.05) is 0 Å². The van der Waals surface area contributed by atoms with Crippen molar-refractivity contribution in [3.63, 3.8) is 0 Å². The molecular formula is C20H22F4N4O3S2. The van der Waals surface area contributed by atoms with Crippen molar-refractivity contribution in [1.82, 2.24) is 14.3 Å². The number of hydrogen-bond donors (Lipinski definition) is 0. The van der Waals surface area contributed by atoms with Crippen molar-refractivity contribution >= 4 is 32.4 Å². The molecule has 3 heterocycles. The lowest BCUT2D eigenvalue weighted by Gasteiger charge is -2.36. The zero-order valence-corrected chi connectivity index (χ0v) is 19.3. The number of carbonyl (C=O) groups excluding carboxylic acids is 1. The maximum Gasteiger partial charge on any atom is 0.452 e. The normalized spacial score (nSPS) is 20.6. The number of amides is 1. The van der Waals surface area contributed by atoms with Crippen molar-refractivity contribution in [1.29, 1.82) is 0 Å². The van der Waals surface area contributed by atoms with E-state index in [0.717, 1.165) is 12.3 Å². The fraction of sp³-hybridized carbons (Fsp3) is 0.550. The molecule has 4 rings (SSSR count). The molecule has 2 fully saturated rings. The Morgan fingerprint density at radius 1 is 1.15 bits per heavy atom. The molecule has 0 saturated carbocycles. The number of likely N-dealkylation sites (tertiary alicyclic amines) is 1. The van der Waals surface area contributed by atoms with Gasteiger partial charge in [0.2, 0.25) is 16.9 Å². The molecule has 1 amide bonds. The molecule has 0 unspecified atom stereocenters. The molecule has 0 bridgehead atoms. The highest BCUT2D eigenvalue weighted by Gasteiger charge is 2.39. The van der Waals surface area contributed by atoms with E-state index >= 15 is 0 Å². The van der Waals surface area contributed by atoms with Gasteiger partial charge in [0.1, 0.15) is 5.82 Å². The van der Waals surface area contributed by atoms with Gasteiger partial charge in [0.15, 0.2) is 9.84 Å². The third kappa shape index (κ3) is 5.13. The first-order chi connectivity index (χ1) is 15.4. The molecule has 2 saturated heterocycles. The summed E-state index contributed by atoms with van der Waals surface area (Å²) in [7, 11) is -3.52. The van der Waals surface area contributed by atoms with Gasteiger partial charge in [-0.15, -0.1) is 0 Å². The van der Waals surface area contributed by atoms with Crippen molar-refractivity contribution < 1.29 is 30.8 Å². The maximum atomic E-state index is 14.4. The van der Waals surface area contributed by atoms with Gasteiger partial charge in [-0.1, -0.05) is 6.07 Å². The molecule has 33 heavy (non-hydrogen) atoms. The summed E-state index contributed by atoms with van der Waals surface area (Å²) in [5, 5.41) is 0.222. The number of nitrogens with zero attached hydrogens (tertiary/aromatic N) is 4. The van der Waals surface area contributed by atoms with Gasteiger partial charge in [0.05, 0.1) is 4.90 Å². The van der Waals surface area contributed by atoms with Crippen molar-refractivity contribution in [2.24, 2.45) is 5.92 Å². The van der Waals surface area contributed by atoms with Gasteiger partial charge in [0, 0.05) is 49.4 Å². The monoisotopic (exact) mass is 506 g/mol. The van der Waals surface area contributed by atoms with Crippen LogP contribution in [0.4, 0.5) is 22.7 Å². The van der Waals surface area contributed by atoms with Gasteiger partial charge in [-0.05, 0) is 43.4 Å². The first kappa shape index (κ1) is 23.9. The first-order valence-electron chi connectivity index (χ1n) is 10.4. The average Bonchev–Trinajstić information content (AvgIpc) is 3.37. The zero-order chi connectivity index (χ0) is 24.0. The highest BCUT2D eigenvalue weighted by Crippen LogP contribution is 2.33. The Morgan fingerprint density at radius 3 is 2.42 bits per heavy atom. The standard InChI is InChI=1S/C20H22F4N4O3S2/c1-33(30,31)15-3-2-12(16(21)11-15)10-13-4-9-28(17(13)29)14-5-7-27(8-6-14)19-25-18(26-32-19)20(22,23)24/h2-3,11,13-14H,4-10H2,1H3/t13-/m1/s1. The molecule has 13 heteroatoms. The molecule has 2 aliphatic rings. The molecule has 180 valence electrons. The number of sulfone groups is 1. The maximum absolute atomic E-state index is 14.4. The average molecular weight is 507 g/mol. The summed E-state index contributed by atoms with van der Waals surface area (Å²) < 4.78 is 79.2. The number of carbonyl (C=O) groups is 1. The van der Waals surface area contributed by atoms with Crippen LogP contribution in [0.15, 0.2) is 23.1 Å². The van der Waals surface area contributed by atoms with Crippen LogP contribution in [0, 0.1) is 11.7 Å². The summed E-state index contributed by atoms with van der Waals surface area (Å²) in [6.07, 6.45) is -1.62. The van der Waals surface area contributed by atoms with Gasteiger partial charge in [-0.25, -0.2) is 12.8 Å². The van der Waals surface area contributed by atoms with Crippen LogP contribution < -0.4 is 4.90 Å². The third-order valence-electron chi connectivity index (χ3n) is 6.11. The second kappa shape index (κ2) is 8.82. The minimum absolute atomic E-state index is 0.0359. The van der Waals surface area contributed by atoms with Crippen LogP contribution in [0.2, 0.25) is 0 Å². The zero-order valence-electron chi connectivity index (χ0n) is 17.7. The van der Waals surface area contributed by atoms with E-state index in [0.29, 0.717) is 56.0 Å². The Bertz CT molecular complexity index is 1140. The minimum atomic E-state index is -4.57. The molecule has 0 aliphatic carbocycles. The smallest absolute Gasteiger partial charge is 0.347 e. The lowest BCUT2D eigenvalue weighted by molar-refractivity contribution is -0.144. The second-order valence-electron chi connectivity index (χ2n) is 8.36. The Kier molecular flexibility index (Phi) is 6.38. The highest BCUT2D eigenvalue weighted by atomic mass is 32.2. The first-order valence-corrected chi connectivity index (χ1v) is 13.0. The summed E-state index contributed by atoms with van der Waals surface area (Å²) in [5.74, 6) is -2.25. The lowest BCUT2D eigenvalue weighted by atomic mass is 9.97. The number of benzene rings is 1. The van der Waals surface area contributed by atoms with Gasteiger partial charge >= 0.3 is 6.18 Å². The quantitative estimate of drug-likeness (QED) is 0.580. The summed E-state index contributed by atoms with van der Waals surface area (Å²) in [4.78, 5) is 20.0. The van der Waals surface area contributed by atoms with Crippen molar-refractivity contribution in [2.75, 3.05) is 30.8 Å². The fourth-order valence-corrected chi connectivity index (χ4v) is 5.70. The Hall–Kier alpha value is -2.28. The van der Waals surface area contributed by atoms with Crippen LogP contribution in [0.5, 0.6) is 0 Å². The molecule has 0 N–H and O–H groups in total. The minimum Gasteiger partial charge on any atom is -0.347 e. The molecule has 1 atom stereocenters. The summed E-state index contributed by atoms with van der Waals surface area (Å²) in [5.41, 5.74) is 0.300. The van der Waals surface area contributed by atoms with Gasteiger partial charge in [-0.3, -0.25) is 4.79 Å². The van der Waals surface area contributed by atoms with Gasteiger partial charge in [0.25, 0.3) is 0 Å². The Balaban J connectivity index is 1.35. The van der Waals surface area contributed by atoms with Crippen LogP contribution in [0.25, 0.3) is 0 Å². The number of piperidine rings is 1. The summed E-state index contributed by atoms with van der Waals surface area (Å²) in [6.45, 7) is 1.47. The molecule has 1 aromatic carbocycles. The molecule has 2 aromatic rings. The van der Waals surface area contributed by atoms with E-state index in [1.165, 1.54) is 12.1 Å². The van der Waals surface area contributed by atoms with E-state index in [2.05, 4.69) is 9.36 Å². The number of halogens is 4. The second-order valence-corrected chi connectivity index (χ2v) is 11.1. The van der Waals surface area contributed by atoms with E-state index in [9.17, 15) is 30.8 Å². The van der Waals surface area contributed by atoms with Gasteiger partial charge in [-0.2, -0.15) is 22.5 Å². The number of rotatable bonds is 5. The van der Waals surface area contributed by atoms with Crippen LogP contribution in [-0.2, 0) is 27.2 Å².